The number of carboxylic acid groups (broad SMARTS) is 1. The number of aliphatic carboxylic acids is 1. The summed E-state index contributed by atoms with van der Waals surface area (Å²) >= 11 is 11.8. The van der Waals surface area contributed by atoms with Gasteiger partial charge in [0.1, 0.15) is 11.7 Å². The van der Waals surface area contributed by atoms with Gasteiger partial charge in [0, 0.05) is 61.7 Å². The Labute approximate surface area is 202 Å². The van der Waals surface area contributed by atoms with Crippen molar-refractivity contribution in [2.75, 3.05) is 44.5 Å². The van der Waals surface area contributed by atoms with Crippen molar-refractivity contribution in [1.29, 1.82) is 0 Å². The summed E-state index contributed by atoms with van der Waals surface area (Å²) in [4.78, 5) is 42.1. The van der Waals surface area contributed by atoms with E-state index in [1.54, 1.807) is 0 Å². The fourth-order valence-corrected chi connectivity index (χ4v) is 6.76. The molecule has 2 saturated carbocycles. The fraction of sp³-hybridized carbons (Fsp3) is 0.875. The number of rotatable bonds is 10. The maximum atomic E-state index is 13.4. The van der Waals surface area contributed by atoms with Crippen LogP contribution in [0, 0.1) is 29.6 Å². The van der Waals surface area contributed by atoms with Crippen molar-refractivity contribution in [3.63, 3.8) is 0 Å². The van der Waals surface area contributed by atoms with Crippen molar-refractivity contribution >= 4 is 40.7 Å². The highest BCUT2D eigenvalue weighted by molar-refractivity contribution is 6.18. The Morgan fingerprint density at radius 3 is 2.22 bits per heavy atom. The van der Waals surface area contributed by atoms with Gasteiger partial charge in [0.05, 0.1) is 0 Å². The van der Waals surface area contributed by atoms with Crippen LogP contribution in [0.2, 0.25) is 0 Å². The van der Waals surface area contributed by atoms with Gasteiger partial charge in [-0.15, -0.1) is 23.2 Å². The van der Waals surface area contributed by atoms with Gasteiger partial charge in [0.2, 0.25) is 0 Å². The quantitative estimate of drug-likeness (QED) is 0.374. The van der Waals surface area contributed by atoms with Crippen molar-refractivity contribution in [3.05, 3.63) is 0 Å². The third-order valence-corrected chi connectivity index (χ3v) is 8.42. The van der Waals surface area contributed by atoms with Crippen LogP contribution in [-0.2, 0) is 14.4 Å². The number of carboxylic acids is 1. The van der Waals surface area contributed by atoms with Crippen molar-refractivity contribution in [3.8, 4) is 0 Å². The Hall–Kier alpha value is -0.690. The van der Waals surface area contributed by atoms with Crippen LogP contribution in [0.5, 0.6) is 0 Å². The predicted octanol–water partition coefficient (Wildman–Crippen LogP) is 3.53. The lowest BCUT2D eigenvalue weighted by Crippen LogP contribution is -2.58. The Bertz CT molecular complexity index is 662. The minimum atomic E-state index is -1.02. The summed E-state index contributed by atoms with van der Waals surface area (Å²) in [6.07, 6.45) is 6.08. The maximum absolute atomic E-state index is 13.4. The molecule has 0 radical (unpaired) electrons. The number of likely N-dealkylation sites (tertiary alicyclic amines) is 1. The fourth-order valence-electron chi connectivity index (χ4n) is 6.28. The van der Waals surface area contributed by atoms with E-state index in [1.165, 1.54) is 0 Å². The number of hydrogen-bond donors (Lipinski definition) is 1. The lowest BCUT2D eigenvalue weighted by molar-refractivity contribution is -0.155. The predicted molar refractivity (Wildman–Crippen MR) is 126 cm³/mol. The third kappa shape index (κ3) is 6.05. The summed E-state index contributed by atoms with van der Waals surface area (Å²) in [5.41, 5.74) is 0. The van der Waals surface area contributed by atoms with Crippen LogP contribution < -0.4 is 0 Å². The first-order chi connectivity index (χ1) is 15.4. The largest absolute Gasteiger partial charge is 0.481 e. The number of halogens is 2. The van der Waals surface area contributed by atoms with Gasteiger partial charge < -0.3 is 10.0 Å². The topological polar surface area (TPSA) is 77.9 Å². The summed E-state index contributed by atoms with van der Waals surface area (Å²) in [5, 5.41) is 9.44. The molecule has 2 aliphatic carbocycles. The average Bonchev–Trinajstić information content (AvgIpc) is 2.79. The summed E-state index contributed by atoms with van der Waals surface area (Å²) in [6.45, 7) is 5.71. The summed E-state index contributed by atoms with van der Waals surface area (Å²) in [6, 6.07) is 0.0156. The molecule has 182 valence electrons. The van der Waals surface area contributed by atoms with Gasteiger partial charge >= 0.3 is 5.97 Å². The number of nitrogens with zero attached hydrogens (tertiary/aromatic N) is 2. The van der Waals surface area contributed by atoms with Crippen LogP contribution in [0.3, 0.4) is 0 Å². The Balaban J connectivity index is 1.54. The number of piperidine rings is 1. The molecule has 1 aliphatic heterocycles. The molecule has 0 bridgehead atoms. The van der Waals surface area contributed by atoms with E-state index in [-0.39, 0.29) is 36.1 Å². The van der Waals surface area contributed by atoms with Gasteiger partial charge in [-0.1, -0.05) is 6.92 Å². The molecule has 4 unspecified atom stereocenters. The molecule has 0 spiro atoms. The number of fused-ring (bicyclic) bond motifs is 1. The van der Waals surface area contributed by atoms with E-state index in [9.17, 15) is 19.5 Å². The van der Waals surface area contributed by atoms with Crippen LogP contribution >= 0.6 is 23.2 Å². The molecule has 1 saturated heterocycles. The first kappa shape index (κ1) is 25.9. The molecule has 1 N–H and O–H groups in total. The number of Topliss-reactive ketones (excluding diaryl/α,β-unsaturated/α-hetero) is 2. The molecule has 0 aromatic rings. The Morgan fingerprint density at radius 1 is 1.03 bits per heavy atom. The zero-order valence-corrected chi connectivity index (χ0v) is 20.7. The van der Waals surface area contributed by atoms with Crippen molar-refractivity contribution in [2.45, 2.75) is 57.9 Å². The van der Waals surface area contributed by atoms with Gasteiger partial charge in [0.15, 0.2) is 5.78 Å². The van der Waals surface area contributed by atoms with E-state index in [0.29, 0.717) is 42.8 Å². The molecule has 3 rings (SSSR count). The smallest absolute Gasteiger partial charge is 0.315 e. The van der Waals surface area contributed by atoms with Crippen molar-refractivity contribution in [1.82, 2.24) is 9.80 Å². The lowest BCUT2D eigenvalue weighted by Gasteiger charge is -2.47. The van der Waals surface area contributed by atoms with Crippen molar-refractivity contribution in [2.24, 2.45) is 29.6 Å². The molecular formula is C24H38Cl2N2O4. The van der Waals surface area contributed by atoms with Crippen LogP contribution in [0.15, 0.2) is 0 Å². The highest BCUT2D eigenvalue weighted by atomic mass is 35.5. The zero-order chi connectivity index (χ0) is 23.3. The molecule has 3 fully saturated rings. The molecule has 0 aromatic carbocycles. The lowest BCUT2D eigenvalue weighted by atomic mass is 9.67. The van der Waals surface area contributed by atoms with Gasteiger partial charge in [0.25, 0.3) is 0 Å². The van der Waals surface area contributed by atoms with Crippen LogP contribution in [0.25, 0.3) is 0 Å². The molecule has 4 atom stereocenters. The first-order valence-corrected chi connectivity index (χ1v) is 13.3. The second-order valence-electron chi connectivity index (χ2n) is 9.86. The summed E-state index contributed by atoms with van der Waals surface area (Å²) in [7, 11) is 0. The van der Waals surface area contributed by atoms with Gasteiger partial charge in [-0.05, 0) is 57.4 Å². The van der Waals surface area contributed by atoms with E-state index in [4.69, 9.17) is 23.2 Å². The molecule has 32 heavy (non-hydrogen) atoms. The van der Waals surface area contributed by atoms with Gasteiger partial charge in [-0.2, -0.15) is 0 Å². The number of hydrogen-bond acceptors (Lipinski definition) is 5. The number of carbonyl (C=O) groups excluding carboxylic acids is 2. The first-order valence-electron chi connectivity index (χ1n) is 12.3. The molecular weight excluding hydrogens is 451 g/mol. The van der Waals surface area contributed by atoms with E-state index in [0.717, 1.165) is 51.7 Å². The maximum Gasteiger partial charge on any atom is 0.315 e. The highest BCUT2D eigenvalue weighted by Gasteiger charge is 2.48. The van der Waals surface area contributed by atoms with E-state index >= 15 is 0 Å². The number of carbonyl (C=O) groups is 3. The zero-order valence-electron chi connectivity index (χ0n) is 19.2. The second-order valence-corrected chi connectivity index (χ2v) is 10.6. The van der Waals surface area contributed by atoms with Crippen LogP contribution in [0.4, 0.5) is 0 Å². The second kappa shape index (κ2) is 12.1. The van der Waals surface area contributed by atoms with Crippen molar-refractivity contribution < 1.29 is 19.5 Å². The molecule has 6 nitrogen and oxygen atoms in total. The molecule has 8 heteroatoms. The van der Waals surface area contributed by atoms with E-state index in [1.807, 2.05) is 6.92 Å². The molecule has 3 aliphatic rings. The Kier molecular flexibility index (Phi) is 9.84. The van der Waals surface area contributed by atoms with E-state index < -0.39 is 11.9 Å². The summed E-state index contributed by atoms with van der Waals surface area (Å²) in [5.74, 6) is 0.0289. The minimum absolute atomic E-state index is 0.00465. The van der Waals surface area contributed by atoms with E-state index in [2.05, 4.69) is 9.80 Å². The number of alkyl halides is 2. The number of ketones is 2. The van der Waals surface area contributed by atoms with Crippen LogP contribution in [0.1, 0.15) is 51.9 Å². The molecule has 1 heterocycles. The normalized spacial score (nSPS) is 33.8. The Morgan fingerprint density at radius 2 is 1.66 bits per heavy atom. The third-order valence-electron chi connectivity index (χ3n) is 8.09. The summed E-state index contributed by atoms with van der Waals surface area (Å²) < 4.78 is 0. The monoisotopic (exact) mass is 488 g/mol. The van der Waals surface area contributed by atoms with Gasteiger partial charge in [-0.25, -0.2) is 0 Å². The standard InChI is InChI=1S/C24H38Cl2N2O4/c1-2-28-15-20(24(31)32)23(30)19-8-7-18(13-21(19)28)22(29)17-5-3-16(4-6-17)14-27(11-9-25)12-10-26/h16-21H,2-15H2,1H3,(H,31,32). The highest BCUT2D eigenvalue weighted by Crippen LogP contribution is 2.41. The molecule has 0 amide bonds. The van der Waals surface area contributed by atoms with Gasteiger partial charge in [-0.3, -0.25) is 19.3 Å². The minimum Gasteiger partial charge on any atom is -0.481 e. The SMILES string of the molecule is CCN1CC(C(=O)O)C(=O)C2CCC(C(=O)C3CCC(CN(CCCl)CCCl)CC3)CC21. The molecule has 0 aromatic heterocycles. The average molecular weight is 489 g/mol. The van der Waals surface area contributed by atoms with Crippen LogP contribution in [-0.4, -0.2) is 83.0 Å².